The third-order valence-corrected chi connectivity index (χ3v) is 4.48. The summed E-state index contributed by atoms with van der Waals surface area (Å²) in [4.78, 5) is 0. The number of rotatable bonds is 5. The van der Waals surface area contributed by atoms with E-state index in [0.717, 1.165) is 17.3 Å². The fourth-order valence-electron chi connectivity index (χ4n) is 2.15. The van der Waals surface area contributed by atoms with Crippen molar-refractivity contribution in [2.24, 2.45) is 5.92 Å². The van der Waals surface area contributed by atoms with Crippen LogP contribution < -0.4 is 0 Å². The fourth-order valence-corrected chi connectivity index (χ4v) is 2.85. The lowest BCUT2D eigenvalue weighted by Gasteiger charge is -2.15. The fraction of sp³-hybridized carbons (Fsp3) is 0.250. The van der Waals surface area contributed by atoms with E-state index in [1.165, 1.54) is 18.2 Å². The van der Waals surface area contributed by atoms with Crippen molar-refractivity contribution in [3.05, 3.63) is 70.2 Å². The third kappa shape index (κ3) is 4.03. The zero-order valence-corrected chi connectivity index (χ0v) is 13.1. The summed E-state index contributed by atoms with van der Waals surface area (Å²) in [6.07, 6.45) is 1.30. The van der Waals surface area contributed by atoms with Crippen LogP contribution in [0.5, 0.6) is 0 Å². The molecule has 2 aromatic carbocycles. The minimum atomic E-state index is -0.275. The average Bonchev–Trinajstić information content (AvgIpc) is 2.44. The standard InChI is InChI=1S/C16H14BrClF2/c17-10-12(8-11-4-6-13(19)7-5-11)9-14-15(18)2-1-3-16(14)20/h1-7,12H,8-10H2. The summed E-state index contributed by atoms with van der Waals surface area (Å²) in [5.74, 6) is -0.321. The van der Waals surface area contributed by atoms with Crippen molar-refractivity contribution < 1.29 is 8.78 Å². The van der Waals surface area contributed by atoms with E-state index in [2.05, 4.69) is 15.9 Å². The summed E-state index contributed by atoms with van der Waals surface area (Å²) < 4.78 is 26.7. The molecule has 20 heavy (non-hydrogen) atoms. The topological polar surface area (TPSA) is 0 Å². The maximum Gasteiger partial charge on any atom is 0.127 e. The molecule has 0 heterocycles. The minimum absolute atomic E-state index is 0.204. The Balaban J connectivity index is 2.11. The molecule has 0 aliphatic heterocycles. The Morgan fingerprint density at radius 1 is 1.00 bits per heavy atom. The zero-order chi connectivity index (χ0) is 14.5. The quantitative estimate of drug-likeness (QED) is 0.626. The van der Waals surface area contributed by atoms with Gasteiger partial charge in [-0.25, -0.2) is 8.78 Å². The van der Waals surface area contributed by atoms with Crippen LogP contribution in [0.4, 0.5) is 8.78 Å². The lowest BCUT2D eigenvalue weighted by atomic mass is 9.94. The van der Waals surface area contributed by atoms with Crippen molar-refractivity contribution >= 4 is 27.5 Å². The number of halogens is 4. The van der Waals surface area contributed by atoms with Gasteiger partial charge in [0.2, 0.25) is 0 Å². The monoisotopic (exact) mass is 358 g/mol. The van der Waals surface area contributed by atoms with Crippen LogP contribution in [-0.2, 0) is 12.8 Å². The lowest BCUT2D eigenvalue weighted by molar-refractivity contribution is 0.550. The molecule has 0 amide bonds. The first kappa shape index (κ1) is 15.5. The molecule has 4 heteroatoms. The number of alkyl halides is 1. The molecule has 0 radical (unpaired) electrons. The van der Waals surface area contributed by atoms with Gasteiger partial charge in [0.05, 0.1) is 0 Å². The summed E-state index contributed by atoms with van der Waals surface area (Å²) in [7, 11) is 0. The van der Waals surface area contributed by atoms with E-state index >= 15 is 0 Å². The summed E-state index contributed by atoms with van der Waals surface area (Å²) in [6, 6.07) is 11.1. The van der Waals surface area contributed by atoms with Crippen LogP contribution in [0.25, 0.3) is 0 Å². The van der Waals surface area contributed by atoms with Gasteiger partial charge in [-0.3, -0.25) is 0 Å². The van der Waals surface area contributed by atoms with Crippen LogP contribution in [0.15, 0.2) is 42.5 Å². The second kappa shape index (κ2) is 7.19. The van der Waals surface area contributed by atoms with Gasteiger partial charge in [-0.2, -0.15) is 0 Å². The van der Waals surface area contributed by atoms with Gasteiger partial charge in [-0.05, 0) is 48.6 Å². The van der Waals surface area contributed by atoms with Crippen molar-refractivity contribution in [3.63, 3.8) is 0 Å². The second-order valence-corrected chi connectivity index (χ2v) is 5.81. The van der Waals surface area contributed by atoms with E-state index in [1.807, 2.05) is 0 Å². The van der Waals surface area contributed by atoms with Crippen molar-refractivity contribution in [2.45, 2.75) is 12.8 Å². The normalized spacial score (nSPS) is 12.4. The first-order valence-electron chi connectivity index (χ1n) is 6.33. The Morgan fingerprint density at radius 3 is 2.30 bits per heavy atom. The van der Waals surface area contributed by atoms with Crippen molar-refractivity contribution in [1.29, 1.82) is 0 Å². The van der Waals surface area contributed by atoms with E-state index in [-0.39, 0.29) is 17.6 Å². The molecule has 0 fully saturated rings. The Hall–Kier alpha value is -0.930. The average molecular weight is 360 g/mol. The van der Waals surface area contributed by atoms with Gasteiger partial charge in [0.25, 0.3) is 0 Å². The molecule has 0 spiro atoms. The molecule has 0 aliphatic rings. The predicted molar refractivity (Wildman–Crippen MR) is 82.5 cm³/mol. The number of hydrogen-bond donors (Lipinski definition) is 0. The van der Waals surface area contributed by atoms with Crippen LogP contribution >= 0.6 is 27.5 Å². The van der Waals surface area contributed by atoms with Crippen molar-refractivity contribution in [1.82, 2.24) is 0 Å². The van der Waals surface area contributed by atoms with Gasteiger partial charge < -0.3 is 0 Å². The highest BCUT2D eigenvalue weighted by molar-refractivity contribution is 9.09. The van der Waals surface area contributed by atoms with Crippen LogP contribution in [0, 0.1) is 17.6 Å². The zero-order valence-electron chi connectivity index (χ0n) is 10.8. The predicted octanol–water partition coefficient (Wildman–Crippen LogP) is 5.41. The van der Waals surface area contributed by atoms with Crippen LogP contribution in [0.1, 0.15) is 11.1 Å². The number of benzene rings is 2. The Labute approximate surface area is 130 Å². The molecule has 0 aliphatic carbocycles. The largest absolute Gasteiger partial charge is 0.207 e. The van der Waals surface area contributed by atoms with E-state index in [0.29, 0.717) is 17.0 Å². The lowest BCUT2D eigenvalue weighted by Crippen LogP contribution is -2.11. The van der Waals surface area contributed by atoms with Gasteiger partial charge in [-0.15, -0.1) is 0 Å². The molecule has 0 nitrogen and oxygen atoms in total. The van der Waals surface area contributed by atoms with E-state index in [9.17, 15) is 8.78 Å². The summed E-state index contributed by atoms with van der Waals surface area (Å²) in [5.41, 5.74) is 1.57. The highest BCUT2D eigenvalue weighted by Gasteiger charge is 2.15. The molecule has 0 N–H and O–H groups in total. The Bertz CT molecular complexity index is 549. The Morgan fingerprint density at radius 2 is 1.70 bits per heavy atom. The second-order valence-electron chi connectivity index (χ2n) is 4.76. The van der Waals surface area contributed by atoms with E-state index in [1.54, 1.807) is 24.3 Å². The van der Waals surface area contributed by atoms with Crippen LogP contribution in [-0.4, -0.2) is 5.33 Å². The van der Waals surface area contributed by atoms with Gasteiger partial charge in [-0.1, -0.05) is 45.7 Å². The molecule has 0 aromatic heterocycles. The van der Waals surface area contributed by atoms with Crippen molar-refractivity contribution in [2.75, 3.05) is 5.33 Å². The SMILES string of the molecule is Fc1ccc(CC(CBr)Cc2c(F)cccc2Cl)cc1. The minimum Gasteiger partial charge on any atom is -0.207 e. The van der Waals surface area contributed by atoms with Gasteiger partial charge in [0.15, 0.2) is 0 Å². The number of hydrogen-bond acceptors (Lipinski definition) is 0. The first-order chi connectivity index (χ1) is 9.60. The van der Waals surface area contributed by atoms with E-state index < -0.39 is 0 Å². The Kier molecular flexibility index (Phi) is 5.55. The summed E-state index contributed by atoms with van der Waals surface area (Å²) >= 11 is 9.50. The molecule has 1 unspecified atom stereocenters. The molecule has 1 atom stereocenters. The maximum atomic E-state index is 13.8. The highest BCUT2D eigenvalue weighted by Crippen LogP contribution is 2.25. The third-order valence-electron chi connectivity index (χ3n) is 3.21. The van der Waals surface area contributed by atoms with Gasteiger partial charge in [0.1, 0.15) is 11.6 Å². The molecule has 0 bridgehead atoms. The molecular weight excluding hydrogens is 346 g/mol. The van der Waals surface area contributed by atoms with E-state index in [4.69, 9.17) is 11.6 Å². The van der Waals surface area contributed by atoms with Crippen LogP contribution in [0.2, 0.25) is 5.02 Å². The molecule has 0 saturated heterocycles. The molecular formula is C16H14BrClF2. The maximum absolute atomic E-state index is 13.8. The van der Waals surface area contributed by atoms with Gasteiger partial charge >= 0.3 is 0 Å². The molecule has 2 rings (SSSR count). The first-order valence-corrected chi connectivity index (χ1v) is 7.83. The molecule has 106 valence electrons. The molecule has 0 saturated carbocycles. The van der Waals surface area contributed by atoms with Crippen LogP contribution in [0.3, 0.4) is 0 Å². The molecule has 2 aromatic rings. The smallest absolute Gasteiger partial charge is 0.127 e. The summed E-state index contributed by atoms with van der Waals surface area (Å²) in [6.45, 7) is 0. The summed E-state index contributed by atoms with van der Waals surface area (Å²) in [5, 5.41) is 1.18. The van der Waals surface area contributed by atoms with Crippen molar-refractivity contribution in [3.8, 4) is 0 Å². The van der Waals surface area contributed by atoms with Gasteiger partial charge in [0, 0.05) is 15.9 Å². The highest BCUT2D eigenvalue weighted by atomic mass is 79.9.